The first-order valence-electron chi connectivity index (χ1n) is 12.7. The van der Waals surface area contributed by atoms with Gasteiger partial charge in [-0.25, -0.2) is 4.79 Å². The van der Waals surface area contributed by atoms with Crippen LogP contribution in [0.4, 0.5) is 5.69 Å². The molecule has 3 aromatic carbocycles. The number of amides is 1. The van der Waals surface area contributed by atoms with Gasteiger partial charge >= 0.3 is 5.91 Å². The monoisotopic (exact) mass is 521 g/mol. The fourth-order valence-corrected chi connectivity index (χ4v) is 6.13. The number of rotatable bonds is 11. The van der Waals surface area contributed by atoms with Crippen molar-refractivity contribution in [1.82, 2.24) is 8.79 Å². The molecular weight excluding hydrogens is 484 g/mol. The maximum atomic E-state index is 13.5. The fraction of sp³-hybridized carbons (Fsp3) is 0.367. The average molecular weight is 522 g/mol. The highest BCUT2D eigenvalue weighted by Gasteiger charge is 2.47. The molecule has 0 N–H and O–H groups in total. The van der Waals surface area contributed by atoms with E-state index in [1.54, 1.807) is 26.2 Å². The molecule has 7 heteroatoms. The molecule has 1 amide bonds. The molecule has 2 unspecified atom stereocenters. The molecular formula is C30H37N2O4S+. The molecule has 37 heavy (non-hydrogen) atoms. The lowest BCUT2D eigenvalue weighted by Gasteiger charge is -2.36. The van der Waals surface area contributed by atoms with Gasteiger partial charge in [0, 0.05) is 19.2 Å². The summed E-state index contributed by atoms with van der Waals surface area (Å²) in [5, 5.41) is 0. The number of para-hydroxylation sites is 2. The number of carbonyl (C=O) groups excluding carboxylic acids is 1. The standard InChI is InChI=1S/C30H37N2O4S/c1-22-24-11-6-9-14-29(24)37-32(3,30(22)33)25-12-7-8-13-26(25)36-20-10-18-31(2)19-17-23-15-16-27(34-4)28(21-23)35-5/h6-9,11-16,21-22H,10,17-20H2,1-5H3/q+1. The maximum Gasteiger partial charge on any atom is 0.337 e. The Morgan fingerprint density at radius 1 is 0.919 bits per heavy atom. The van der Waals surface area contributed by atoms with Gasteiger partial charge in [-0.05, 0) is 62.2 Å². The van der Waals surface area contributed by atoms with E-state index in [-0.39, 0.29) is 15.7 Å². The lowest BCUT2D eigenvalue weighted by atomic mass is 9.99. The van der Waals surface area contributed by atoms with Crippen LogP contribution in [0.2, 0.25) is 0 Å². The van der Waals surface area contributed by atoms with Crippen molar-refractivity contribution in [3.63, 3.8) is 0 Å². The molecule has 1 heterocycles. The minimum atomic E-state index is -0.171. The van der Waals surface area contributed by atoms with E-state index in [2.05, 4.69) is 30.1 Å². The van der Waals surface area contributed by atoms with Crippen LogP contribution in [0.25, 0.3) is 0 Å². The molecule has 3 aromatic rings. The van der Waals surface area contributed by atoms with E-state index in [0.717, 1.165) is 59.3 Å². The first-order chi connectivity index (χ1) is 17.9. The summed E-state index contributed by atoms with van der Waals surface area (Å²) in [4.78, 5) is 17.0. The van der Waals surface area contributed by atoms with E-state index in [9.17, 15) is 4.79 Å². The summed E-state index contributed by atoms with van der Waals surface area (Å²) in [6.07, 6.45) is 1.82. The molecule has 4 rings (SSSR count). The summed E-state index contributed by atoms with van der Waals surface area (Å²) in [6, 6.07) is 22.2. The van der Waals surface area contributed by atoms with E-state index >= 15 is 0 Å². The van der Waals surface area contributed by atoms with Crippen molar-refractivity contribution >= 4 is 23.5 Å². The summed E-state index contributed by atoms with van der Waals surface area (Å²) >= 11 is 1.57. The Bertz CT molecular complexity index is 1230. The third kappa shape index (κ3) is 5.95. The molecule has 1 aliphatic rings. The third-order valence-corrected chi connectivity index (χ3v) is 8.26. The number of quaternary nitrogens is 1. The average Bonchev–Trinajstić information content (AvgIpc) is 2.93. The van der Waals surface area contributed by atoms with Gasteiger partial charge in [-0.1, -0.05) is 36.4 Å². The van der Waals surface area contributed by atoms with Crippen molar-refractivity contribution in [3.8, 4) is 17.2 Å². The molecule has 0 fully saturated rings. The predicted octanol–water partition coefficient (Wildman–Crippen LogP) is 5.94. The normalized spacial score (nSPS) is 19.0. The highest BCUT2D eigenvalue weighted by molar-refractivity contribution is 7.99. The topological polar surface area (TPSA) is 48.0 Å². The van der Waals surface area contributed by atoms with Gasteiger partial charge in [0.05, 0.1) is 38.7 Å². The molecule has 2 atom stereocenters. The van der Waals surface area contributed by atoms with Gasteiger partial charge in [-0.2, -0.15) is 3.89 Å². The molecule has 6 nitrogen and oxygen atoms in total. The summed E-state index contributed by atoms with van der Waals surface area (Å²) < 4.78 is 17.1. The zero-order valence-corrected chi connectivity index (χ0v) is 23.2. The largest absolute Gasteiger partial charge is 0.493 e. The van der Waals surface area contributed by atoms with Crippen molar-refractivity contribution in [2.24, 2.45) is 0 Å². The summed E-state index contributed by atoms with van der Waals surface area (Å²) in [5.74, 6) is 2.26. The van der Waals surface area contributed by atoms with Crippen LogP contribution in [-0.2, 0) is 11.2 Å². The second kappa shape index (κ2) is 12.0. The Hall–Kier alpha value is -3.00. The number of hydrogen-bond donors (Lipinski definition) is 0. The number of likely N-dealkylation sites (N-methyl/N-ethyl adjacent to an activating group) is 2. The second-order valence-electron chi connectivity index (χ2n) is 9.53. The molecule has 0 radical (unpaired) electrons. The van der Waals surface area contributed by atoms with Crippen LogP contribution in [-0.4, -0.2) is 58.8 Å². The van der Waals surface area contributed by atoms with Crippen LogP contribution in [0.3, 0.4) is 0 Å². The van der Waals surface area contributed by atoms with Crippen LogP contribution < -0.4 is 18.1 Å². The lowest BCUT2D eigenvalue weighted by molar-refractivity contribution is -0.126. The number of benzene rings is 3. The molecule has 0 bridgehead atoms. The smallest absolute Gasteiger partial charge is 0.337 e. The fourth-order valence-electron chi connectivity index (χ4n) is 4.75. The van der Waals surface area contributed by atoms with Gasteiger partial charge in [-0.3, -0.25) is 0 Å². The molecule has 0 aliphatic carbocycles. The zero-order chi connectivity index (χ0) is 26.4. The van der Waals surface area contributed by atoms with Crippen LogP contribution >= 0.6 is 11.9 Å². The number of carbonyl (C=O) groups is 1. The van der Waals surface area contributed by atoms with Crippen LogP contribution in [0.15, 0.2) is 71.6 Å². The van der Waals surface area contributed by atoms with Crippen molar-refractivity contribution in [2.75, 3.05) is 48.0 Å². The number of hydrogen-bond acceptors (Lipinski definition) is 6. The number of ether oxygens (including phenoxy) is 3. The number of nitrogens with zero attached hydrogens (tertiary/aromatic N) is 2. The third-order valence-electron chi connectivity index (χ3n) is 6.95. The Morgan fingerprint density at radius 2 is 1.65 bits per heavy atom. The van der Waals surface area contributed by atoms with E-state index in [0.29, 0.717) is 6.61 Å². The Morgan fingerprint density at radius 3 is 2.43 bits per heavy atom. The van der Waals surface area contributed by atoms with Crippen molar-refractivity contribution < 1.29 is 19.0 Å². The quantitative estimate of drug-likeness (QED) is 0.177. The van der Waals surface area contributed by atoms with Gasteiger partial charge in [-0.15, -0.1) is 0 Å². The first-order valence-corrected chi connectivity index (χ1v) is 13.5. The van der Waals surface area contributed by atoms with Gasteiger partial charge < -0.3 is 19.1 Å². The molecule has 0 saturated carbocycles. The van der Waals surface area contributed by atoms with E-state index in [1.807, 2.05) is 62.5 Å². The van der Waals surface area contributed by atoms with Crippen LogP contribution in [0.5, 0.6) is 17.2 Å². The van der Waals surface area contributed by atoms with E-state index in [1.165, 1.54) is 5.56 Å². The van der Waals surface area contributed by atoms with E-state index in [4.69, 9.17) is 14.2 Å². The van der Waals surface area contributed by atoms with Gasteiger partial charge in [0.25, 0.3) is 0 Å². The molecule has 0 saturated heterocycles. The number of methoxy groups -OCH3 is 2. The van der Waals surface area contributed by atoms with Gasteiger partial charge in [0.1, 0.15) is 11.9 Å². The molecule has 0 aromatic heterocycles. The highest BCUT2D eigenvalue weighted by atomic mass is 32.2. The molecule has 1 aliphatic heterocycles. The van der Waals surface area contributed by atoms with Crippen molar-refractivity contribution in [3.05, 3.63) is 77.9 Å². The lowest BCUT2D eigenvalue weighted by Crippen LogP contribution is -2.48. The van der Waals surface area contributed by atoms with Gasteiger partial charge in [0.15, 0.2) is 22.9 Å². The predicted molar refractivity (Wildman–Crippen MR) is 151 cm³/mol. The molecule has 0 spiro atoms. The first kappa shape index (κ1) is 27.0. The minimum absolute atomic E-state index is 0.138. The zero-order valence-electron chi connectivity index (χ0n) is 22.4. The maximum absolute atomic E-state index is 13.5. The van der Waals surface area contributed by atoms with E-state index < -0.39 is 0 Å². The summed E-state index contributed by atoms with van der Waals surface area (Å²) in [5.41, 5.74) is 3.20. The Labute approximate surface area is 224 Å². The SMILES string of the molecule is COc1ccc(CCN(C)CCCOc2ccccc2[N+]2(C)Sc3ccccc3C(C)C2=O)cc1OC. The summed E-state index contributed by atoms with van der Waals surface area (Å²) in [6.45, 7) is 4.44. The van der Waals surface area contributed by atoms with Crippen LogP contribution in [0.1, 0.15) is 30.4 Å². The van der Waals surface area contributed by atoms with Gasteiger partial charge in [0.2, 0.25) is 0 Å². The van der Waals surface area contributed by atoms with Crippen molar-refractivity contribution in [2.45, 2.75) is 30.6 Å². The number of fused-ring (bicyclic) bond motifs is 1. The molecule has 196 valence electrons. The Kier molecular flexibility index (Phi) is 8.79. The Balaban J connectivity index is 1.33. The minimum Gasteiger partial charge on any atom is -0.493 e. The second-order valence-corrected chi connectivity index (χ2v) is 10.9. The van der Waals surface area contributed by atoms with Crippen LogP contribution in [0, 0.1) is 0 Å². The highest BCUT2D eigenvalue weighted by Crippen LogP contribution is 2.49. The van der Waals surface area contributed by atoms with Crippen molar-refractivity contribution in [1.29, 1.82) is 0 Å². The summed E-state index contributed by atoms with van der Waals surface area (Å²) in [7, 11) is 7.41.